The summed E-state index contributed by atoms with van der Waals surface area (Å²) in [6.07, 6.45) is 3.48. The highest BCUT2D eigenvalue weighted by atomic mass is 16.5. The molecule has 0 saturated carbocycles. The molecule has 0 aliphatic carbocycles. The molecule has 0 bridgehead atoms. The van der Waals surface area contributed by atoms with Crippen LogP contribution in [0, 0.1) is 0 Å². The summed E-state index contributed by atoms with van der Waals surface area (Å²) in [4.78, 5) is 6.45. The Morgan fingerprint density at radius 2 is 2.10 bits per heavy atom. The third-order valence-electron chi connectivity index (χ3n) is 3.53. The average Bonchev–Trinajstić information content (AvgIpc) is 2.90. The van der Waals surface area contributed by atoms with Crippen molar-refractivity contribution in [2.45, 2.75) is 44.9 Å². The Balaban J connectivity index is 1.97. The standard InChI is InChI=1S/C15H25N3O2/c1-11(2)20-14-9-12(5-6-17-14)15(19)13(16)10-18-7-3-4-8-18/h5-6,9,11,13,15,19H,3-4,7-8,10,16H2,1-2H3/t13-,15?/m1/s1. The molecule has 5 heteroatoms. The van der Waals surface area contributed by atoms with E-state index in [0.29, 0.717) is 5.88 Å². The van der Waals surface area contributed by atoms with E-state index in [1.54, 1.807) is 18.3 Å². The van der Waals surface area contributed by atoms with Crippen LogP contribution in [0.2, 0.25) is 0 Å². The first-order chi connectivity index (χ1) is 9.56. The largest absolute Gasteiger partial charge is 0.475 e. The molecule has 2 heterocycles. The minimum Gasteiger partial charge on any atom is -0.475 e. The van der Waals surface area contributed by atoms with E-state index in [1.807, 2.05) is 13.8 Å². The Morgan fingerprint density at radius 1 is 1.40 bits per heavy atom. The van der Waals surface area contributed by atoms with Crippen molar-refractivity contribution in [3.8, 4) is 5.88 Å². The Hall–Kier alpha value is -1.17. The lowest BCUT2D eigenvalue weighted by Gasteiger charge is -2.24. The normalized spacial score (nSPS) is 19.2. The number of hydrogen-bond acceptors (Lipinski definition) is 5. The summed E-state index contributed by atoms with van der Waals surface area (Å²) >= 11 is 0. The van der Waals surface area contributed by atoms with Gasteiger partial charge in [0.1, 0.15) is 0 Å². The number of hydrogen-bond donors (Lipinski definition) is 2. The SMILES string of the molecule is CC(C)Oc1cc(C(O)[C@H](N)CN2CCCC2)ccn1. The molecular formula is C15H25N3O2. The third kappa shape index (κ3) is 4.16. The van der Waals surface area contributed by atoms with Crippen molar-refractivity contribution < 1.29 is 9.84 Å². The zero-order valence-electron chi connectivity index (χ0n) is 12.3. The van der Waals surface area contributed by atoms with Crippen LogP contribution in [0.4, 0.5) is 0 Å². The van der Waals surface area contributed by atoms with Crippen molar-refractivity contribution in [2.75, 3.05) is 19.6 Å². The van der Waals surface area contributed by atoms with Crippen molar-refractivity contribution in [1.29, 1.82) is 0 Å². The molecule has 1 saturated heterocycles. The van der Waals surface area contributed by atoms with Crippen molar-refractivity contribution in [3.05, 3.63) is 23.9 Å². The van der Waals surface area contributed by atoms with Gasteiger partial charge in [0, 0.05) is 24.8 Å². The number of ether oxygens (including phenoxy) is 1. The second-order valence-corrected chi connectivity index (χ2v) is 5.71. The molecule has 20 heavy (non-hydrogen) atoms. The van der Waals surface area contributed by atoms with Crippen molar-refractivity contribution >= 4 is 0 Å². The Kier molecular flexibility index (Phi) is 5.34. The fraction of sp³-hybridized carbons (Fsp3) is 0.667. The molecule has 1 aliphatic heterocycles. The molecule has 5 nitrogen and oxygen atoms in total. The summed E-state index contributed by atoms with van der Waals surface area (Å²) < 4.78 is 5.54. The van der Waals surface area contributed by atoms with Gasteiger partial charge >= 0.3 is 0 Å². The Bertz CT molecular complexity index is 419. The fourth-order valence-corrected chi connectivity index (χ4v) is 2.53. The number of pyridine rings is 1. The summed E-state index contributed by atoms with van der Waals surface area (Å²) in [5, 5.41) is 10.4. The quantitative estimate of drug-likeness (QED) is 0.822. The lowest BCUT2D eigenvalue weighted by atomic mass is 10.0. The lowest BCUT2D eigenvalue weighted by Crippen LogP contribution is -2.40. The maximum absolute atomic E-state index is 10.4. The van der Waals surface area contributed by atoms with Crippen LogP contribution in [-0.2, 0) is 0 Å². The van der Waals surface area contributed by atoms with Gasteiger partial charge in [-0.25, -0.2) is 4.98 Å². The molecule has 1 aromatic heterocycles. The summed E-state index contributed by atoms with van der Waals surface area (Å²) in [6, 6.07) is 3.28. The molecule has 0 spiro atoms. The van der Waals surface area contributed by atoms with Crippen LogP contribution in [0.15, 0.2) is 18.3 Å². The van der Waals surface area contributed by atoms with Crippen LogP contribution in [0.3, 0.4) is 0 Å². The van der Waals surface area contributed by atoms with Gasteiger partial charge in [-0.1, -0.05) is 0 Å². The van der Waals surface area contributed by atoms with Gasteiger partial charge in [0.05, 0.1) is 12.2 Å². The van der Waals surface area contributed by atoms with Crippen LogP contribution in [0.25, 0.3) is 0 Å². The van der Waals surface area contributed by atoms with Crippen molar-refractivity contribution in [3.63, 3.8) is 0 Å². The van der Waals surface area contributed by atoms with Gasteiger partial charge in [0.2, 0.25) is 5.88 Å². The topological polar surface area (TPSA) is 71.6 Å². The fourth-order valence-electron chi connectivity index (χ4n) is 2.53. The van der Waals surface area contributed by atoms with Gasteiger partial charge in [-0.15, -0.1) is 0 Å². The number of likely N-dealkylation sites (tertiary alicyclic amines) is 1. The highest BCUT2D eigenvalue weighted by molar-refractivity contribution is 5.23. The lowest BCUT2D eigenvalue weighted by molar-refractivity contribution is 0.124. The van der Waals surface area contributed by atoms with E-state index < -0.39 is 6.10 Å². The maximum atomic E-state index is 10.4. The van der Waals surface area contributed by atoms with Gasteiger partial charge in [-0.2, -0.15) is 0 Å². The minimum absolute atomic E-state index is 0.0631. The van der Waals surface area contributed by atoms with Gasteiger partial charge < -0.3 is 20.5 Å². The number of nitrogens with two attached hydrogens (primary N) is 1. The van der Waals surface area contributed by atoms with E-state index in [0.717, 1.165) is 25.2 Å². The van der Waals surface area contributed by atoms with Crippen LogP contribution in [-0.4, -0.2) is 46.8 Å². The summed E-state index contributed by atoms with van der Waals surface area (Å²) in [5.74, 6) is 0.532. The molecule has 1 unspecified atom stereocenters. The summed E-state index contributed by atoms with van der Waals surface area (Å²) in [7, 11) is 0. The molecule has 1 fully saturated rings. The predicted octanol–water partition coefficient (Wildman–Crippen LogP) is 1.33. The molecule has 2 atom stereocenters. The number of aliphatic hydroxyl groups is 1. The molecule has 0 amide bonds. The van der Waals surface area contributed by atoms with Gasteiger partial charge in [0.25, 0.3) is 0 Å². The maximum Gasteiger partial charge on any atom is 0.213 e. The van der Waals surface area contributed by atoms with Gasteiger partial charge in [-0.3, -0.25) is 0 Å². The average molecular weight is 279 g/mol. The Labute approximate surface area is 120 Å². The van der Waals surface area contributed by atoms with Crippen LogP contribution >= 0.6 is 0 Å². The van der Waals surface area contributed by atoms with E-state index in [2.05, 4.69) is 9.88 Å². The van der Waals surface area contributed by atoms with Crippen LogP contribution < -0.4 is 10.5 Å². The van der Waals surface area contributed by atoms with E-state index in [9.17, 15) is 5.11 Å². The monoisotopic (exact) mass is 279 g/mol. The van der Waals surface area contributed by atoms with Gasteiger partial charge in [-0.05, 0) is 51.4 Å². The number of aromatic nitrogens is 1. The van der Waals surface area contributed by atoms with Crippen LogP contribution in [0.1, 0.15) is 38.4 Å². The third-order valence-corrected chi connectivity index (χ3v) is 3.53. The molecule has 2 rings (SSSR count). The highest BCUT2D eigenvalue weighted by Crippen LogP contribution is 2.21. The predicted molar refractivity (Wildman–Crippen MR) is 78.6 cm³/mol. The first-order valence-corrected chi connectivity index (χ1v) is 7.35. The van der Waals surface area contributed by atoms with Crippen LogP contribution in [0.5, 0.6) is 5.88 Å². The zero-order valence-corrected chi connectivity index (χ0v) is 12.3. The van der Waals surface area contributed by atoms with E-state index in [4.69, 9.17) is 10.5 Å². The smallest absolute Gasteiger partial charge is 0.213 e. The van der Waals surface area contributed by atoms with Gasteiger partial charge in [0.15, 0.2) is 0 Å². The van der Waals surface area contributed by atoms with E-state index in [1.165, 1.54) is 12.8 Å². The number of rotatable bonds is 6. The first kappa shape index (κ1) is 15.2. The molecule has 1 aromatic rings. The molecule has 3 N–H and O–H groups in total. The second-order valence-electron chi connectivity index (χ2n) is 5.71. The molecule has 0 aromatic carbocycles. The second kappa shape index (κ2) is 7.02. The molecule has 0 radical (unpaired) electrons. The molecule has 1 aliphatic rings. The zero-order chi connectivity index (χ0) is 14.5. The summed E-state index contributed by atoms with van der Waals surface area (Å²) in [6.45, 7) is 6.79. The Morgan fingerprint density at radius 3 is 2.75 bits per heavy atom. The highest BCUT2D eigenvalue weighted by Gasteiger charge is 2.22. The van der Waals surface area contributed by atoms with E-state index in [-0.39, 0.29) is 12.1 Å². The number of aliphatic hydroxyl groups excluding tert-OH is 1. The minimum atomic E-state index is -0.687. The first-order valence-electron chi connectivity index (χ1n) is 7.35. The number of nitrogens with zero attached hydrogens (tertiary/aromatic N) is 2. The molecular weight excluding hydrogens is 254 g/mol. The van der Waals surface area contributed by atoms with Crippen molar-refractivity contribution in [2.24, 2.45) is 5.73 Å². The molecule has 112 valence electrons. The summed E-state index contributed by atoms with van der Waals surface area (Å²) in [5.41, 5.74) is 6.89. The van der Waals surface area contributed by atoms with E-state index >= 15 is 0 Å². The van der Waals surface area contributed by atoms with Crippen molar-refractivity contribution in [1.82, 2.24) is 9.88 Å².